The van der Waals surface area contributed by atoms with Crippen molar-refractivity contribution in [2.75, 3.05) is 0 Å². The molecule has 0 unspecified atom stereocenters. The van der Waals surface area contributed by atoms with E-state index in [-0.39, 0.29) is 5.69 Å². The monoisotopic (exact) mass is 280 g/mol. The summed E-state index contributed by atoms with van der Waals surface area (Å²) in [6.07, 6.45) is -0.473. The number of aromatic nitrogens is 2. The lowest BCUT2D eigenvalue weighted by Crippen LogP contribution is -2.22. The van der Waals surface area contributed by atoms with Crippen LogP contribution in [0.4, 0.5) is 0 Å². The first kappa shape index (κ1) is 13.1. The van der Waals surface area contributed by atoms with Crippen molar-refractivity contribution in [2.45, 2.75) is 6.42 Å². The molecule has 1 aromatic heterocycles. The average Bonchev–Trinajstić information content (AvgIpc) is 2.33. The molecule has 0 aliphatic rings. The molecule has 7 heteroatoms. The van der Waals surface area contributed by atoms with Crippen LogP contribution in [0.5, 0.6) is 5.75 Å². The minimum atomic E-state index is -1.15. The third-order valence-corrected chi connectivity index (χ3v) is 2.63. The van der Waals surface area contributed by atoms with Crippen LogP contribution in [0.1, 0.15) is 5.69 Å². The van der Waals surface area contributed by atoms with Gasteiger partial charge in [0.25, 0.3) is 5.56 Å². The number of benzene rings is 1. The molecule has 19 heavy (non-hydrogen) atoms. The first-order chi connectivity index (χ1) is 8.97. The minimum Gasteiger partial charge on any atom is -0.506 e. The fourth-order valence-electron chi connectivity index (χ4n) is 1.52. The molecule has 2 N–H and O–H groups in total. The number of carboxylic acid groups (broad SMARTS) is 1. The van der Waals surface area contributed by atoms with Crippen molar-refractivity contribution in [1.29, 1.82) is 0 Å². The van der Waals surface area contributed by atoms with Gasteiger partial charge in [0.2, 0.25) is 0 Å². The highest BCUT2D eigenvalue weighted by Gasteiger charge is 2.12. The van der Waals surface area contributed by atoms with Gasteiger partial charge in [0.1, 0.15) is 11.4 Å². The maximum absolute atomic E-state index is 11.7. The van der Waals surface area contributed by atoms with Crippen LogP contribution in [0.2, 0.25) is 5.02 Å². The standard InChI is InChI=1S/C12H9ClN2O4/c13-7-1-3-8(4-2-7)15-11(17)6-10(16)9(14-15)5-12(18)19/h1-4,6,16H,5H2,(H,18,19). The Morgan fingerprint density at radius 1 is 1.32 bits per heavy atom. The summed E-state index contributed by atoms with van der Waals surface area (Å²) in [6.45, 7) is 0. The highest BCUT2D eigenvalue weighted by atomic mass is 35.5. The van der Waals surface area contributed by atoms with Crippen molar-refractivity contribution in [3.8, 4) is 11.4 Å². The summed E-state index contributed by atoms with van der Waals surface area (Å²) in [7, 11) is 0. The van der Waals surface area contributed by atoms with Gasteiger partial charge in [0.15, 0.2) is 0 Å². The molecule has 0 radical (unpaired) electrons. The Kier molecular flexibility index (Phi) is 3.52. The number of aromatic hydroxyl groups is 1. The van der Waals surface area contributed by atoms with Gasteiger partial charge in [-0.15, -0.1) is 0 Å². The third-order valence-electron chi connectivity index (χ3n) is 2.38. The lowest BCUT2D eigenvalue weighted by Gasteiger charge is -2.07. The summed E-state index contributed by atoms with van der Waals surface area (Å²) < 4.78 is 1.01. The van der Waals surface area contributed by atoms with E-state index in [4.69, 9.17) is 16.7 Å². The molecule has 2 rings (SSSR count). The molecule has 0 fully saturated rings. The highest BCUT2D eigenvalue weighted by Crippen LogP contribution is 2.15. The Labute approximate surface area is 112 Å². The van der Waals surface area contributed by atoms with Gasteiger partial charge >= 0.3 is 5.97 Å². The zero-order valence-corrected chi connectivity index (χ0v) is 10.3. The maximum atomic E-state index is 11.7. The Morgan fingerprint density at radius 3 is 2.53 bits per heavy atom. The first-order valence-electron chi connectivity index (χ1n) is 5.27. The Hall–Kier alpha value is -2.34. The molecule has 98 valence electrons. The summed E-state index contributed by atoms with van der Waals surface area (Å²) >= 11 is 5.74. The molecular weight excluding hydrogens is 272 g/mol. The van der Waals surface area contributed by atoms with E-state index in [1.54, 1.807) is 24.3 Å². The van der Waals surface area contributed by atoms with Crippen LogP contribution in [0, 0.1) is 0 Å². The molecule has 0 saturated heterocycles. The third kappa shape index (κ3) is 2.92. The number of nitrogens with zero attached hydrogens (tertiary/aromatic N) is 2. The van der Waals surface area contributed by atoms with Crippen molar-refractivity contribution in [1.82, 2.24) is 9.78 Å². The number of halogens is 1. The fourth-order valence-corrected chi connectivity index (χ4v) is 1.65. The number of rotatable bonds is 3. The number of aliphatic carboxylic acids is 1. The average molecular weight is 281 g/mol. The van der Waals surface area contributed by atoms with E-state index in [1.165, 1.54) is 0 Å². The number of hydrogen-bond donors (Lipinski definition) is 2. The molecule has 0 saturated carbocycles. The highest BCUT2D eigenvalue weighted by molar-refractivity contribution is 6.30. The second-order valence-electron chi connectivity index (χ2n) is 3.77. The van der Waals surface area contributed by atoms with E-state index < -0.39 is 23.7 Å². The molecule has 0 aliphatic heterocycles. The zero-order valence-electron chi connectivity index (χ0n) is 9.58. The molecule has 0 bridgehead atoms. The quantitative estimate of drug-likeness (QED) is 0.882. The van der Waals surface area contributed by atoms with Gasteiger partial charge in [-0.2, -0.15) is 9.78 Å². The second-order valence-corrected chi connectivity index (χ2v) is 4.21. The summed E-state index contributed by atoms with van der Waals surface area (Å²) in [5, 5.41) is 22.5. The molecule has 6 nitrogen and oxygen atoms in total. The van der Waals surface area contributed by atoms with Crippen molar-refractivity contribution in [2.24, 2.45) is 0 Å². The van der Waals surface area contributed by atoms with E-state index in [0.29, 0.717) is 10.7 Å². The lowest BCUT2D eigenvalue weighted by atomic mass is 10.2. The summed E-state index contributed by atoms with van der Waals surface area (Å²) in [5.41, 5.74) is -0.211. The Balaban J connectivity index is 2.54. The summed E-state index contributed by atoms with van der Waals surface area (Å²) in [4.78, 5) is 22.4. The van der Waals surface area contributed by atoms with Crippen LogP contribution in [-0.4, -0.2) is 26.0 Å². The summed E-state index contributed by atoms with van der Waals surface area (Å²) in [5.74, 6) is -1.58. The molecule has 0 atom stereocenters. The van der Waals surface area contributed by atoms with Gasteiger partial charge in [-0.1, -0.05) is 11.6 Å². The largest absolute Gasteiger partial charge is 0.506 e. The topological polar surface area (TPSA) is 92.4 Å². The van der Waals surface area contributed by atoms with Crippen molar-refractivity contribution in [3.05, 3.63) is 51.4 Å². The van der Waals surface area contributed by atoms with Gasteiger partial charge in [0, 0.05) is 11.1 Å². The van der Waals surface area contributed by atoms with E-state index in [9.17, 15) is 14.7 Å². The Bertz CT molecular complexity index is 679. The predicted octanol–water partition coefficient (Wildman–Crippen LogP) is 1.22. The van der Waals surface area contributed by atoms with Crippen molar-refractivity contribution in [3.63, 3.8) is 0 Å². The van der Waals surface area contributed by atoms with Crippen LogP contribution in [0.15, 0.2) is 35.1 Å². The van der Waals surface area contributed by atoms with E-state index >= 15 is 0 Å². The van der Waals surface area contributed by atoms with Gasteiger partial charge in [-0.3, -0.25) is 9.59 Å². The minimum absolute atomic E-state index is 0.0814. The van der Waals surface area contributed by atoms with Gasteiger partial charge in [-0.05, 0) is 24.3 Å². The molecule has 1 aromatic carbocycles. The van der Waals surface area contributed by atoms with Crippen LogP contribution in [0.25, 0.3) is 5.69 Å². The first-order valence-corrected chi connectivity index (χ1v) is 5.65. The van der Waals surface area contributed by atoms with Crippen LogP contribution in [-0.2, 0) is 11.2 Å². The van der Waals surface area contributed by atoms with E-state index in [1.807, 2.05) is 0 Å². The lowest BCUT2D eigenvalue weighted by molar-refractivity contribution is -0.136. The van der Waals surface area contributed by atoms with Crippen LogP contribution >= 0.6 is 11.6 Å². The molecule has 0 aliphatic carbocycles. The normalized spacial score (nSPS) is 10.4. The van der Waals surface area contributed by atoms with Crippen molar-refractivity contribution >= 4 is 17.6 Å². The van der Waals surface area contributed by atoms with Gasteiger partial charge in [0.05, 0.1) is 12.1 Å². The Morgan fingerprint density at radius 2 is 1.95 bits per heavy atom. The smallest absolute Gasteiger partial charge is 0.309 e. The molecule has 0 amide bonds. The fraction of sp³-hybridized carbons (Fsp3) is 0.0833. The van der Waals surface area contributed by atoms with Crippen molar-refractivity contribution < 1.29 is 15.0 Å². The van der Waals surface area contributed by atoms with Gasteiger partial charge in [-0.25, -0.2) is 0 Å². The summed E-state index contributed by atoms with van der Waals surface area (Å²) in [6, 6.07) is 7.22. The van der Waals surface area contributed by atoms with Crippen LogP contribution < -0.4 is 5.56 Å². The molecular formula is C12H9ClN2O4. The predicted molar refractivity (Wildman–Crippen MR) is 67.8 cm³/mol. The SMILES string of the molecule is O=C(O)Cc1nn(-c2ccc(Cl)cc2)c(=O)cc1O. The zero-order chi connectivity index (χ0) is 14.0. The maximum Gasteiger partial charge on any atom is 0.309 e. The molecule has 0 spiro atoms. The number of carbonyl (C=O) groups is 1. The molecule has 2 aromatic rings. The molecule has 1 heterocycles. The van der Waals surface area contributed by atoms with E-state index in [2.05, 4.69) is 5.10 Å². The van der Waals surface area contributed by atoms with Gasteiger partial charge < -0.3 is 10.2 Å². The second kappa shape index (κ2) is 5.11. The number of hydrogen-bond acceptors (Lipinski definition) is 4. The van der Waals surface area contributed by atoms with Crippen LogP contribution in [0.3, 0.4) is 0 Å². The van der Waals surface area contributed by atoms with E-state index in [0.717, 1.165) is 10.7 Å². The number of carboxylic acids is 1.